The molecule has 2 aromatic rings. The maximum atomic E-state index is 6.12. The zero-order valence-electron chi connectivity index (χ0n) is 20.4. The molecule has 0 heterocycles. The Kier molecular flexibility index (Phi) is 13.7. The number of benzene rings is 2. The first-order valence-corrected chi connectivity index (χ1v) is 15.7. The van der Waals surface area contributed by atoms with Gasteiger partial charge in [-0.2, -0.15) is 0 Å². The molecule has 0 aliphatic rings. The first kappa shape index (κ1) is 30.5. The smallest absolute Gasteiger partial charge is 0.191 e. The van der Waals surface area contributed by atoms with Crippen LogP contribution in [-0.4, -0.2) is 21.5 Å². The van der Waals surface area contributed by atoms with Crippen molar-refractivity contribution in [3.05, 3.63) is 73.7 Å². The van der Waals surface area contributed by atoms with Crippen LogP contribution in [0.1, 0.15) is 51.2 Å². The summed E-state index contributed by atoms with van der Waals surface area (Å²) in [5.74, 6) is 0. The van der Waals surface area contributed by atoms with Gasteiger partial charge in [0.2, 0.25) is 0 Å². The Balaban J connectivity index is 0.000000361. The van der Waals surface area contributed by atoms with Gasteiger partial charge >= 0.3 is 0 Å². The van der Waals surface area contributed by atoms with E-state index in [1.54, 1.807) is 0 Å². The Morgan fingerprint density at radius 2 is 1.48 bits per heavy atom. The largest absolute Gasteiger partial charge is 0.417 e. The minimum atomic E-state index is -1.62. The minimum Gasteiger partial charge on any atom is -0.417 e. The van der Waals surface area contributed by atoms with E-state index in [-0.39, 0.29) is 5.04 Å². The van der Waals surface area contributed by atoms with Crippen molar-refractivity contribution in [2.24, 2.45) is 5.73 Å². The van der Waals surface area contributed by atoms with Crippen molar-refractivity contribution < 1.29 is 4.43 Å². The van der Waals surface area contributed by atoms with Crippen LogP contribution in [0.3, 0.4) is 0 Å². The van der Waals surface area contributed by atoms with Crippen molar-refractivity contribution in [1.29, 1.82) is 0 Å². The summed E-state index contributed by atoms with van der Waals surface area (Å²) in [6, 6.07) is 11.4. The van der Waals surface area contributed by atoms with Crippen LogP contribution in [0.4, 0.5) is 0 Å². The van der Waals surface area contributed by atoms with Gasteiger partial charge in [-0.15, -0.1) is 0 Å². The third kappa shape index (κ3) is 11.6. The standard InChI is InChI=1S/C16H24Cl2OSi.C10H13Cl2N/c1-16(2,3)20(4,5)19-11-7-6-8-13-9-10-14(17)15(18)12-13;11-9-5-4-8(7-10(9)12)3-1-2-6-13/h6,8-10,12H,7,11H2,1-5H3;4-5,7H,1-3,6,13H2/b8-6+;. The molecular weight excluding hydrogens is 512 g/mol. The molecule has 0 unspecified atom stereocenters. The van der Waals surface area contributed by atoms with E-state index in [1.807, 2.05) is 36.4 Å². The van der Waals surface area contributed by atoms with Crippen molar-refractivity contribution >= 4 is 60.8 Å². The lowest BCUT2D eigenvalue weighted by Crippen LogP contribution is -2.40. The number of rotatable bonds is 9. The average molecular weight is 549 g/mol. The van der Waals surface area contributed by atoms with Crippen molar-refractivity contribution in [3.63, 3.8) is 0 Å². The van der Waals surface area contributed by atoms with Gasteiger partial charge in [-0.3, -0.25) is 0 Å². The summed E-state index contributed by atoms with van der Waals surface area (Å²) in [5.41, 5.74) is 7.69. The second-order valence-corrected chi connectivity index (χ2v) is 15.9. The Hall–Kier alpha value is -0.523. The van der Waals surface area contributed by atoms with E-state index in [0.29, 0.717) is 20.1 Å². The molecule has 7 heteroatoms. The normalized spacial score (nSPS) is 12.1. The van der Waals surface area contributed by atoms with Gasteiger partial charge in [0.15, 0.2) is 8.32 Å². The Morgan fingerprint density at radius 1 is 0.879 bits per heavy atom. The number of hydrogen-bond acceptors (Lipinski definition) is 2. The second-order valence-electron chi connectivity index (χ2n) is 9.47. The SMILES string of the molecule is CC(C)(C)[Si](C)(C)OCC/C=C/c1ccc(Cl)c(Cl)c1.NCCCCc1ccc(Cl)c(Cl)c1. The topological polar surface area (TPSA) is 35.2 Å². The maximum Gasteiger partial charge on any atom is 0.191 e. The zero-order chi connectivity index (χ0) is 25.1. The van der Waals surface area contributed by atoms with Crippen LogP contribution in [0.2, 0.25) is 38.2 Å². The fourth-order valence-corrected chi connectivity index (χ4v) is 4.29. The van der Waals surface area contributed by atoms with E-state index in [2.05, 4.69) is 46.0 Å². The lowest BCUT2D eigenvalue weighted by Gasteiger charge is -2.36. The van der Waals surface area contributed by atoms with Crippen LogP contribution in [0.15, 0.2) is 42.5 Å². The van der Waals surface area contributed by atoms with Crippen molar-refractivity contribution in [3.8, 4) is 0 Å². The van der Waals surface area contributed by atoms with Gasteiger partial charge in [-0.05, 0) is 85.8 Å². The van der Waals surface area contributed by atoms with Gasteiger partial charge in [0, 0.05) is 6.61 Å². The fraction of sp³-hybridized carbons (Fsp3) is 0.462. The molecule has 0 atom stereocenters. The number of unbranched alkanes of at least 4 members (excludes halogenated alkanes) is 1. The molecule has 0 saturated carbocycles. The number of hydrogen-bond donors (Lipinski definition) is 1. The molecule has 0 radical (unpaired) electrons. The molecule has 0 aliphatic heterocycles. The van der Waals surface area contributed by atoms with Crippen LogP contribution >= 0.6 is 46.4 Å². The lowest BCUT2D eigenvalue weighted by molar-refractivity contribution is 0.294. The van der Waals surface area contributed by atoms with Crippen molar-refractivity contribution in [2.75, 3.05) is 13.2 Å². The quantitative estimate of drug-likeness (QED) is 0.250. The summed E-state index contributed by atoms with van der Waals surface area (Å²) in [6.45, 7) is 12.8. The summed E-state index contributed by atoms with van der Waals surface area (Å²) < 4.78 is 6.12. The molecule has 2 rings (SSSR count). The molecule has 184 valence electrons. The highest BCUT2D eigenvalue weighted by Gasteiger charge is 2.36. The van der Waals surface area contributed by atoms with Gasteiger partial charge in [0.1, 0.15) is 0 Å². The number of nitrogens with two attached hydrogens (primary N) is 1. The molecule has 0 spiro atoms. The fourth-order valence-electron chi connectivity index (χ4n) is 2.60. The molecule has 2 N–H and O–H groups in total. The van der Waals surface area contributed by atoms with Crippen LogP contribution in [-0.2, 0) is 10.8 Å². The third-order valence-electron chi connectivity index (χ3n) is 5.71. The van der Waals surface area contributed by atoms with E-state index in [4.69, 9.17) is 56.6 Å². The van der Waals surface area contributed by atoms with E-state index in [1.165, 1.54) is 5.56 Å². The first-order chi connectivity index (χ1) is 15.4. The maximum absolute atomic E-state index is 6.12. The summed E-state index contributed by atoms with van der Waals surface area (Å²) in [5, 5.41) is 2.69. The predicted molar refractivity (Wildman–Crippen MR) is 152 cm³/mol. The van der Waals surface area contributed by atoms with Gasteiger partial charge in [-0.1, -0.05) is 91.5 Å². The zero-order valence-corrected chi connectivity index (χ0v) is 24.4. The van der Waals surface area contributed by atoms with E-state index in [0.717, 1.165) is 44.4 Å². The monoisotopic (exact) mass is 547 g/mol. The van der Waals surface area contributed by atoms with Gasteiger partial charge < -0.3 is 10.2 Å². The predicted octanol–water partition coefficient (Wildman–Crippen LogP) is 9.69. The van der Waals surface area contributed by atoms with Gasteiger partial charge in [0.05, 0.1) is 20.1 Å². The van der Waals surface area contributed by atoms with Crippen LogP contribution in [0, 0.1) is 0 Å². The van der Waals surface area contributed by atoms with Crippen LogP contribution in [0.5, 0.6) is 0 Å². The lowest BCUT2D eigenvalue weighted by atomic mass is 10.1. The van der Waals surface area contributed by atoms with Crippen molar-refractivity contribution in [2.45, 2.75) is 64.6 Å². The molecule has 0 amide bonds. The van der Waals surface area contributed by atoms with E-state index in [9.17, 15) is 0 Å². The molecule has 0 saturated heterocycles. The Morgan fingerprint density at radius 3 is 2.03 bits per heavy atom. The number of aryl methyl sites for hydroxylation is 1. The summed E-state index contributed by atoms with van der Waals surface area (Å²) in [6.07, 6.45) is 8.26. The average Bonchev–Trinajstić information content (AvgIpc) is 2.73. The van der Waals surface area contributed by atoms with E-state index < -0.39 is 8.32 Å². The summed E-state index contributed by atoms with van der Waals surface area (Å²) >= 11 is 23.5. The molecule has 2 aromatic carbocycles. The number of halogens is 4. The van der Waals surface area contributed by atoms with E-state index >= 15 is 0 Å². The van der Waals surface area contributed by atoms with Crippen molar-refractivity contribution in [1.82, 2.24) is 0 Å². The highest BCUT2D eigenvalue weighted by Crippen LogP contribution is 2.36. The van der Waals surface area contributed by atoms with Crippen LogP contribution < -0.4 is 5.73 Å². The minimum absolute atomic E-state index is 0.264. The molecule has 2 nitrogen and oxygen atoms in total. The Bertz CT molecular complexity index is 894. The first-order valence-electron chi connectivity index (χ1n) is 11.3. The molecule has 0 aliphatic carbocycles. The third-order valence-corrected chi connectivity index (χ3v) is 11.7. The second kappa shape index (κ2) is 14.8. The summed E-state index contributed by atoms with van der Waals surface area (Å²) in [7, 11) is -1.62. The highest BCUT2D eigenvalue weighted by atomic mass is 35.5. The molecule has 0 aromatic heterocycles. The summed E-state index contributed by atoms with van der Waals surface area (Å²) in [4.78, 5) is 0. The molecule has 33 heavy (non-hydrogen) atoms. The molecule has 0 bridgehead atoms. The van der Waals surface area contributed by atoms with Crippen LogP contribution in [0.25, 0.3) is 6.08 Å². The van der Waals surface area contributed by atoms with Gasteiger partial charge in [0.25, 0.3) is 0 Å². The molecule has 0 fully saturated rings. The highest BCUT2D eigenvalue weighted by molar-refractivity contribution is 6.74. The Labute approximate surface area is 221 Å². The van der Waals surface area contributed by atoms with Gasteiger partial charge in [-0.25, -0.2) is 0 Å². The molecular formula is C26H37Cl4NOSi.